The number of carbonyl (C=O) groups excluding carboxylic acids is 2. The first-order chi connectivity index (χ1) is 14.0. The lowest BCUT2D eigenvalue weighted by Gasteiger charge is -2.26. The molecule has 1 heterocycles. The largest absolute Gasteiger partial charge is 0.497 e. The number of hydrogen-bond donors (Lipinski definition) is 0. The molecule has 2 aromatic carbocycles. The zero-order valence-corrected chi connectivity index (χ0v) is 17.1. The van der Waals surface area contributed by atoms with Crippen LogP contribution in [0.2, 0.25) is 0 Å². The van der Waals surface area contributed by atoms with Crippen LogP contribution >= 0.6 is 0 Å². The number of aryl methyl sites for hydroxylation is 1. The molecule has 0 saturated carbocycles. The number of hydrogen-bond acceptors (Lipinski definition) is 5. The Bertz CT molecular complexity index is 862. The smallest absolute Gasteiger partial charge is 0.310 e. The molecule has 1 aliphatic rings. The molecular weight excluding hydrogens is 370 g/mol. The Hall–Kier alpha value is -3.02. The van der Waals surface area contributed by atoms with Crippen LogP contribution < -0.4 is 9.47 Å². The predicted molar refractivity (Wildman–Crippen MR) is 109 cm³/mol. The second-order valence-electron chi connectivity index (χ2n) is 7.18. The summed E-state index contributed by atoms with van der Waals surface area (Å²) in [6, 6.07) is 13.1. The maximum atomic E-state index is 12.8. The lowest BCUT2D eigenvalue weighted by atomic mass is 10.0. The fourth-order valence-corrected chi connectivity index (χ4v) is 3.64. The van der Waals surface area contributed by atoms with Crippen molar-refractivity contribution in [3.8, 4) is 11.5 Å². The van der Waals surface area contributed by atoms with E-state index in [0.29, 0.717) is 18.0 Å². The van der Waals surface area contributed by atoms with Crippen molar-refractivity contribution >= 4 is 11.9 Å². The van der Waals surface area contributed by atoms with Gasteiger partial charge in [0, 0.05) is 12.1 Å². The molecule has 1 atom stereocenters. The minimum absolute atomic E-state index is 0.122. The van der Waals surface area contributed by atoms with Gasteiger partial charge in [0.1, 0.15) is 11.5 Å². The number of esters is 1. The van der Waals surface area contributed by atoms with Gasteiger partial charge in [0.05, 0.1) is 26.7 Å². The van der Waals surface area contributed by atoms with Crippen molar-refractivity contribution < 1.29 is 23.8 Å². The van der Waals surface area contributed by atoms with Gasteiger partial charge in [0.2, 0.25) is 0 Å². The van der Waals surface area contributed by atoms with Crippen molar-refractivity contribution in [1.82, 2.24) is 4.90 Å². The first-order valence-electron chi connectivity index (χ1n) is 9.74. The highest BCUT2D eigenvalue weighted by atomic mass is 16.5. The minimum atomic E-state index is -0.406. The zero-order valence-electron chi connectivity index (χ0n) is 17.1. The molecule has 1 amide bonds. The molecule has 1 saturated heterocycles. The van der Waals surface area contributed by atoms with Crippen LogP contribution in [-0.4, -0.2) is 44.1 Å². The molecule has 0 unspecified atom stereocenters. The quantitative estimate of drug-likeness (QED) is 0.670. The van der Waals surface area contributed by atoms with Gasteiger partial charge < -0.3 is 19.1 Å². The molecule has 0 aromatic heterocycles. The summed E-state index contributed by atoms with van der Waals surface area (Å²) in [6.07, 6.45) is 1.86. The molecule has 0 N–H and O–H groups in total. The Morgan fingerprint density at radius 2 is 1.83 bits per heavy atom. The average Bonchev–Trinajstić information content (AvgIpc) is 3.23. The number of methoxy groups -OCH3 is 2. The Morgan fingerprint density at radius 1 is 1.07 bits per heavy atom. The van der Waals surface area contributed by atoms with Gasteiger partial charge in [-0.15, -0.1) is 0 Å². The van der Waals surface area contributed by atoms with E-state index in [2.05, 4.69) is 0 Å². The van der Waals surface area contributed by atoms with E-state index in [1.165, 1.54) is 0 Å². The molecule has 3 rings (SSSR count). The summed E-state index contributed by atoms with van der Waals surface area (Å²) in [6.45, 7) is 2.36. The number of nitrogens with zero attached hydrogens (tertiary/aromatic N) is 1. The van der Waals surface area contributed by atoms with E-state index in [-0.39, 0.29) is 25.0 Å². The molecule has 0 spiro atoms. The second kappa shape index (κ2) is 9.45. The standard InChI is InChI=1S/C23H27NO5/c1-16-6-8-17(9-7-16)13-23(26)29-15-22(25)24-12-4-5-20(24)19-14-18(27-2)10-11-21(19)28-3/h6-11,14,20H,4-5,12-13,15H2,1-3H3/t20-/m0/s1. The topological polar surface area (TPSA) is 65.1 Å². The second-order valence-corrected chi connectivity index (χ2v) is 7.18. The molecule has 154 valence electrons. The van der Waals surface area contributed by atoms with Gasteiger partial charge in [-0.05, 0) is 43.5 Å². The Labute approximate surface area is 171 Å². The molecular formula is C23H27NO5. The van der Waals surface area contributed by atoms with Gasteiger partial charge in [-0.1, -0.05) is 29.8 Å². The highest BCUT2D eigenvalue weighted by Crippen LogP contribution is 2.38. The number of rotatable bonds is 7. The molecule has 6 nitrogen and oxygen atoms in total. The van der Waals surface area contributed by atoms with Crippen molar-refractivity contribution in [2.45, 2.75) is 32.2 Å². The SMILES string of the molecule is COc1ccc(OC)c([C@@H]2CCCN2C(=O)COC(=O)Cc2ccc(C)cc2)c1. The Kier molecular flexibility index (Phi) is 6.75. The number of ether oxygens (including phenoxy) is 3. The average molecular weight is 397 g/mol. The summed E-state index contributed by atoms with van der Waals surface area (Å²) in [5, 5.41) is 0. The molecule has 29 heavy (non-hydrogen) atoms. The van der Waals surface area contributed by atoms with Crippen LogP contribution in [0.4, 0.5) is 0 Å². The summed E-state index contributed by atoms with van der Waals surface area (Å²) in [7, 11) is 3.22. The lowest BCUT2D eigenvalue weighted by Crippen LogP contribution is -2.34. The van der Waals surface area contributed by atoms with Crippen LogP contribution in [0.15, 0.2) is 42.5 Å². The van der Waals surface area contributed by atoms with Gasteiger partial charge in [-0.25, -0.2) is 0 Å². The molecule has 0 aliphatic carbocycles. The first-order valence-corrected chi connectivity index (χ1v) is 9.74. The van der Waals surface area contributed by atoms with E-state index in [9.17, 15) is 9.59 Å². The van der Waals surface area contributed by atoms with E-state index in [1.807, 2.05) is 49.4 Å². The van der Waals surface area contributed by atoms with Crippen LogP contribution in [-0.2, 0) is 20.7 Å². The normalized spacial score (nSPS) is 15.8. The van der Waals surface area contributed by atoms with E-state index < -0.39 is 5.97 Å². The van der Waals surface area contributed by atoms with Crippen LogP contribution in [0.1, 0.15) is 35.6 Å². The molecule has 6 heteroatoms. The van der Waals surface area contributed by atoms with Crippen molar-refractivity contribution in [2.75, 3.05) is 27.4 Å². The summed E-state index contributed by atoms with van der Waals surface area (Å²) >= 11 is 0. The highest BCUT2D eigenvalue weighted by molar-refractivity contribution is 5.82. The molecule has 1 fully saturated rings. The predicted octanol–water partition coefficient (Wildman–Crippen LogP) is 3.46. The first kappa shape index (κ1) is 20.7. The van der Waals surface area contributed by atoms with Crippen molar-refractivity contribution in [3.63, 3.8) is 0 Å². The van der Waals surface area contributed by atoms with Crippen LogP contribution in [0, 0.1) is 6.92 Å². The lowest BCUT2D eigenvalue weighted by molar-refractivity contribution is -0.151. The Morgan fingerprint density at radius 3 is 2.52 bits per heavy atom. The van der Waals surface area contributed by atoms with Gasteiger partial charge >= 0.3 is 5.97 Å². The number of benzene rings is 2. The van der Waals surface area contributed by atoms with Gasteiger partial charge in [-0.3, -0.25) is 9.59 Å². The van der Waals surface area contributed by atoms with Crippen molar-refractivity contribution in [1.29, 1.82) is 0 Å². The molecule has 0 radical (unpaired) electrons. The van der Waals surface area contributed by atoms with Gasteiger partial charge in [0.15, 0.2) is 6.61 Å². The van der Waals surface area contributed by atoms with Gasteiger partial charge in [0.25, 0.3) is 5.91 Å². The fourth-order valence-electron chi connectivity index (χ4n) is 3.64. The van der Waals surface area contributed by atoms with Gasteiger partial charge in [-0.2, -0.15) is 0 Å². The maximum Gasteiger partial charge on any atom is 0.310 e. The third-order valence-corrected chi connectivity index (χ3v) is 5.19. The summed E-state index contributed by atoms with van der Waals surface area (Å²) in [4.78, 5) is 26.6. The van der Waals surface area contributed by atoms with Crippen LogP contribution in [0.3, 0.4) is 0 Å². The molecule has 0 bridgehead atoms. The third kappa shape index (κ3) is 5.08. The maximum absolute atomic E-state index is 12.8. The molecule has 1 aliphatic heterocycles. The molecule has 2 aromatic rings. The summed E-state index contributed by atoms with van der Waals surface area (Å²) < 4.78 is 16.1. The summed E-state index contributed by atoms with van der Waals surface area (Å²) in [5.41, 5.74) is 2.90. The zero-order chi connectivity index (χ0) is 20.8. The van der Waals surface area contributed by atoms with E-state index in [1.54, 1.807) is 19.1 Å². The fraction of sp³-hybridized carbons (Fsp3) is 0.391. The third-order valence-electron chi connectivity index (χ3n) is 5.19. The van der Waals surface area contributed by atoms with Crippen molar-refractivity contribution in [3.05, 3.63) is 59.2 Å². The number of amides is 1. The minimum Gasteiger partial charge on any atom is -0.497 e. The van der Waals surface area contributed by atoms with E-state index >= 15 is 0 Å². The van der Waals surface area contributed by atoms with E-state index in [0.717, 1.165) is 29.5 Å². The highest BCUT2D eigenvalue weighted by Gasteiger charge is 2.32. The monoisotopic (exact) mass is 397 g/mol. The van der Waals surface area contributed by atoms with Crippen LogP contribution in [0.5, 0.6) is 11.5 Å². The van der Waals surface area contributed by atoms with Crippen LogP contribution in [0.25, 0.3) is 0 Å². The van der Waals surface area contributed by atoms with Crippen molar-refractivity contribution in [2.24, 2.45) is 0 Å². The summed E-state index contributed by atoms with van der Waals surface area (Å²) in [5.74, 6) is 0.822. The van der Waals surface area contributed by atoms with E-state index in [4.69, 9.17) is 14.2 Å². The number of likely N-dealkylation sites (tertiary alicyclic amines) is 1. The number of carbonyl (C=O) groups is 2. The Balaban J connectivity index is 1.63.